The quantitative estimate of drug-likeness (QED) is 0.840. The molecule has 1 aromatic carbocycles. The molecule has 2 atom stereocenters. The maximum Gasteiger partial charge on any atom is 0.326 e. The molecule has 1 aliphatic heterocycles. The topological polar surface area (TPSA) is 67.0 Å². The fourth-order valence-electron chi connectivity index (χ4n) is 3.13. The summed E-state index contributed by atoms with van der Waals surface area (Å²) in [5.41, 5.74) is 8.83. The van der Waals surface area contributed by atoms with Gasteiger partial charge < -0.3 is 10.7 Å². The summed E-state index contributed by atoms with van der Waals surface area (Å²) in [4.78, 5) is 16.9. The second kappa shape index (κ2) is 4.51. The van der Waals surface area contributed by atoms with Gasteiger partial charge in [-0.15, -0.1) is 0 Å². The third kappa shape index (κ3) is 1.99. The number of H-pyrrole nitrogens is 1. The Bertz CT molecular complexity index is 657. The van der Waals surface area contributed by atoms with E-state index in [1.165, 1.54) is 5.56 Å². The molecule has 1 aromatic heterocycles. The lowest BCUT2D eigenvalue weighted by Gasteiger charge is -2.19. The Morgan fingerprint density at radius 3 is 2.89 bits per heavy atom. The van der Waals surface area contributed by atoms with Gasteiger partial charge in [0, 0.05) is 19.6 Å². The van der Waals surface area contributed by atoms with Gasteiger partial charge in [-0.2, -0.15) is 0 Å². The first kappa shape index (κ1) is 12.4. The van der Waals surface area contributed by atoms with Gasteiger partial charge >= 0.3 is 5.69 Å². The highest BCUT2D eigenvalue weighted by atomic mass is 16.1. The SMILES string of the molecule is CN1CC(CN)CC1c1ccc2c(c1)[nH]c(=O)n2C. The molecule has 0 aliphatic carbocycles. The van der Waals surface area contributed by atoms with Crippen molar-refractivity contribution < 1.29 is 0 Å². The van der Waals surface area contributed by atoms with E-state index in [-0.39, 0.29) is 5.69 Å². The first-order valence-electron chi connectivity index (χ1n) is 6.69. The molecule has 3 rings (SSSR count). The van der Waals surface area contributed by atoms with Crippen LogP contribution in [-0.2, 0) is 7.05 Å². The van der Waals surface area contributed by atoms with Crippen LogP contribution in [0.15, 0.2) is 23.0 Å². The monoisotopic (exact) mass is 260 g/mol. The molecule has 5 heteroatoms. The van der Waals surface area contributed by atoms with Crippen molar-refractivity contribution in [2.24, 2.45) is 18.7 Å². The first-order chi connectivity index (χ1) is 9.10. The zero-order valence-electron chi connectivity index (χ0n) is 11.4. The number of likely N-dealkylation sites (tertiary alicyclic amines) is 1. The molecule has 3 N–H and O–H groups in total. The van der Waals surface area contributed by atoms with Gasteiger partial charge in [0.25, 0.3) is 0 Å². The van der Waals surface area contributed by atoms with Crippen molar-refractivity contribution in [3.63, 3.8) is 0 Å². The van der Waals surface area contributed by atoms with Gasteiger partial charge in [0.1, 0.15) is 0 Å². The molecule has 2 unspecified atom stereocenters. The van der Waals surface area contributed by atoms with Crippen LogP contribution in [-0.4, -0.2) is 34.6 Å². The molecule has 0 bridgehead atoms. The largest absolute Gasteiger partial charge is 0.330 e. The molecule has 1 aliphatic rings. The summed E-state index contributed by atoms with van der Waals surface area (Å²) in [6.45, 7) is 1.79. The van der Waals surface area contributed by atoms with Crippen LogP contribution < -0.4 is 11.4 Å². The summed E-state index contributed by atoms with van der Waals surface area (Å²) in [7, 11) is 3.92. The van der Waals surface area contributed by atoms with Gasteiger partial charge in [0.05, 0.1) is 11.0 Å². The molecule has 19 heavy (non-hydrogen) atoms. The van der Waals surface area contributed by atoms with Crippen LogP contribution in [0.4, 0.5) is 0 Å². The molecule has 102 valence electrons. The predicted molar refractivity (Wildman–Crippen MR) is 76.1 cm³/mol. The number of aromatic nitrogens is 2. The van der Waals surface area contributed by atoms with Crippen molar-refractivity contribution in [1.29, 1.82) is 0 Å². The van der Waals surface area contributed by atoms with Crippen LogP contribution in [0.1, 0.15) is 18.0 Å². The van der Waals surface area contributed by atoms with Gasteiger partial charge in [0.15, 0.2) is 0 Å². The highest BCUT2D eigenvalue weighted by molar-refractivity contribution is 5.76. The van der Waals surface area contributed by atoms with E-state index in [2.05, 4.69) is 29.1 Å². The van der Waals surface area contributed by atoms with E-state index >= 15 is 0 Å². The van der Waals surface area contributed by atoms with E-state index < -0.39 is 0 Å². The second-order valence-corrected chi connectivity index (χ2v) is 5.56. The van der Waals surface area contributed by atoms with Crippen LogP contribution in [0.25, 0.3) is 11.0 Å². The predicted octanol–water partition coefficient (Wildman–Crippen LogP) is 0.818. The number of nitrogens with two attached hydrogens (primary N) is 1. The van der Waals surface area contributed by atoms with Gasteiger partial charge in [-0.3, -0.25) is 9.47 Å². The number of nitrogens with one attached hydrogen (secondary N) is 1. The Morgan fingerprint density at radius 1 is 1.42 bits per heavy atom. The molecule has 5 nitrogen and oxygen atoms in total. The minimum absolute atomic E-state index is 0.0632. The molecule has 2 aromatic rings. The lowest BCUT2D eigenvalue weighted by molar-refractivity contribution is 0.314. The van der Waals surface area contributed by atoms with Gasteiger partial charge in [-0.25, -0.2) is 4.79 Å². The molecule has 0 amide bonds. The highest BCUT2D eigenvalue weighted by Crippen LogP contribution is 2.34. The smallest absolute Gasteiger partial charge is 0.326 e. The lowest BCUT2D eigenvalue weighted by Crippen LogP contribution is -2.20. The molecule has 0 saturated carbocycles. The minimum atomic E-state index is -0.0632. The van der Waals surface area contributed by atoms with E-state index in [0.717, 1.165) is 30.5 Å². The molecule has 0 radical (unpaired) electrons. The number of imidazole rings is 1. The van der Waals surface area contributed by atoms with Gasteiger partial charge in [-0.05, 0) is 43.6 Å². The third-order valence-corrected chi connectivity index (χ3v) is 4.28. The zero-order valence-corrected chi connectivity index (χ0v) is 11.4. The third-order valence-electron chi connectivity index (χ3n) is 4.28. The highest BCUT2D eigenvalue weighted by Gasteiger charge is 2.29. The number of benzene rings is 1. The zero-order chi connectivity index (χ0) is 13.6. The Morgan fingerprint density at radius 2 is 2.21 bits per heavy atom. The molecule has 0 spiro atoms. The molecular weight excluding hydrogens is 240 g/mol. The van der Waals surface area contributed by atoms with E-state index in [0.29, 0.717) is 12.0 Å². The van der Waals surface area contributed by atoms with Crippen molar-refractivity contribution in [2.75, 3.05) is 20.1 Å². The number of aryl methyl sites for hydroxylation is 1. The van der Waals surface area contributed by atoms with Crippen LogP contribution in [0.5, 0.6) is 0 Å². The number of aromatic amines is 1. The van der Waals surface area contributed by atoms with Crippen molar-refractivity contribution in [2.45, 2.75) is 12.5 Å². The number of nitrogens with zero attached hydrogens (tertiary/aromatic N) is 2. The Hall–Kier alpha value is -1.59. The van der Waals surface area contributed by atoms with Crippen LogP contribution in [0, 0.1) is 5.92 Å². The number of hydrogen-bond acceptors (Lipinski definition) is 3. The van der Waals surface area contributed by atoms with Crippen LogP contribution >= 0.6 is 0 Å². The Balaban J connectivity index is 2.00. The summed E-state index contributed by atoms with van der Waals surface area (Å²) < 4.78 is 1.64. The maximum absolute atomic E-state index is 11.6. The summed E-state index contributed by atoms with van der Waals surface area (Å²) in [5.74, 6) is 0.570. The van der Waals surface area contributed by atoms with E-state index in [4.69, 9.17) is 5.73 Å². The van der Waals surface area contributed by atoms with Gasteiger partial charge in [0.2, 0.25) is 0 Å². The average molecular weight is 260 g/mol. The Labute approximate surface area is 112 Å². The molecule has 2 heterocycles. The minimum Gasteiger partial charge on any atom is -0.330 e. The standard InChI is InChI=1S/C14H20N4O/c1-17-8-9(7-15)5-13(17)10-3-4-12-11(6-10)16-14(19)18(12)2/h3-4,6,9,13H,5,7-8,15H2,1-2H3,(H,16,19). The fourth-order valence-corrected chi connectivity index (χ4v) is 3.13. The van der Waals surface area contributed by atoms with Crippen LogP contribution in [0.3, 0.4) is 0 Å². The second-order valence-electron chi connectivity index (χ2n) is 5.56. The molecule has 1 fully saturated rings. The average Bonchev–Trinajstić information content (AvgIpc) is 2.91. The summed E-state index contributed by atoms with van der Waals surface area (Å²) in [6, 6.07) is 6.64. The van der Waals surface area contributed by atoms with Crippen molar-refractivity contribution >= 4 is 11.0 Å². The summed E-state index contributed by atoms with van der Waals surface area (Å²) >= 11 is 0. The van der Waals surface area contributed by atoms with E-state index in [1.54, 1.807) is 11.6 Å². The molecular formula is C14H20N4O. The van der Waals surface area contributed by atoms with Crippen molar-refractivity contribution in [3.8, 4) is 0 Å². The number of fused-ring (bicyclic) bond motifs is 1. The number of hydrogen-bond donors (Lipinski definition) is 2. The molecule has 1 saturated heterocycles. The lowest BCUT2D eigenvalue weighted by atomic mass is 9.99. The van der Waals surface area contributed by atoms with E-state index in [9.17, 15) is 4.79 Å². The fraction of sp³-hybridized carbons (Fsp3) is 0.500. The first-order valence-corrected chi connectivity index (χ1v) is 6.69. The normalized spacial score (nSPS) is 24.4. The van der Waals surface area contributed by atoms with Crippen LogP contribution in [0.2, 0.25) is 0 Å². The maximum atomic E-state index is 11.6. The summed E-state index contributed by atoms with van der Waals surface area (Å²) in [5, 5.41) is 0. The van der Waals surface area contributed by atoms with Crippen molar-refractivity contribution in [1.82, 2.24) is 14.5 Å². The Kier molecular flexibility index (Phi) is 2.95. The van der Waals surface area contributed by atoms with E-state index in [1.807, 2.05) is 6.07 Å². The van der Waals surface area contributed by atoms with Gasteiger partial charge in [-0.1, -0.05) is 6.07 Å². The summed E-state index contributed by atoms with van der Waals surface area (Å²) in [6.07, 6.45) is 1.09. The number of rotatable bonds is 2. The van der Waals surface area contributed by atoms with Crippen molar-refractivity contribution in [3.05, 3.63) is 34.2 Å².